The minimum absolute atomic E-state index is 0.0133. The number of allylic oxidation sites excluding steroid dienone is 1. The van der Waals surface area contributed by atoms with Gasteiger partial charge in [0.2, 0.25) is 0 Å². The fraction of sp³-hybridized carbons (Fsp3) is 0.643. The Kier molecular flexibility index (Phi) is 5.19. The molecule has 2 rings (SSSR count). The predicted octanol–water partition coefficient (Wildman–Crippen LogP) is 2.29. The zero-order chi connectivity index (χ0) is 18.2. The van der Waals surface area contributed by atoms with Crippen molar-refractivity contribution in [1.82, 2.24) is 5.01 Å². The van der Waals surface area contributed by atoms with Crippen molar-refractivity contribution < 1.29 is 36.2 Å². The Morgan fingerprint density at radius 3 is 2.46 bits per heavy atom. The molecule has 24 heavy (non-hydrogen) atoms. The van der Waals surface area contributed by atoms with Gasteiger partial charge in [0, 0.05) is 12.0 Å². The van der Waals surface area contributed by atoms with Gasteiger partial charge in [-0.15, -0.1) is 0 Å². The van der Waals surface area contributed by atoms with Gasteiger partial charge < -0.3 is 9.47 Å². The van der Waals surface area contributed by atoms with Gasteiger partial charge in [-0.05, 0) is 18.9 Å². The number of halogens is 5. The Balaban J connectivity index is 2.75. The average molecular weight is 356 g/mol. The van der Waals surface area contributed by atoms with Crippen LogP contribution in [0.25, 0.3) is 0 Å². The Morgan fingerprint density at radius 2 is 2.04 bits per heavy atom. The van der Waals surface area contributed by atoms with Crippen molar-refractivity contribution in [1.29, 1.82) is 0 Å². The van der Waals surface area contributed by atoms with E-state index in [-0.39, 0.29) is 34.9 Å². The maximum atomic E-state index is 13.5. The number of ether oxygens (including phenoxy) is 2. The van der Waals surface area contributed by atoms with E-state index in [9.17, 15) is 26.7 Å². The molecule has 10 heteroatoms. The molecule has 0 aromatic heterocycles. The summed E-state index contributed by atoms with van der Waals surface area (Å²) >= 11 is 0. The van der Waals surface area contributed by atoms with E-state index >= 15 is 0 Å². The standard InChI is InChI=1S/C14H17F5N2O3/c1-6-8(7-4-3-5-24-7)11(14(17,18)19)21(20)10(12(15)16)9(6)13(22)23-2/h10-12H,3-5,20H2,1-2H3. The van der Waals surface area contributed by atoms with E-state index in [1.807, 2.05) is 0 Å². The summed E-state index contributed by atoms with van der Waals surface area (Å²) < 4.78 is 77.0. The van der Waals surface area contributed by atoms with Crippen molar-refractivity contribution in [2.24, 2.45) is 5.84 Å². The Hall–Kier alpha value is -1.68. The third kappa shape index (κ3) is 3.12. The fourth-order valence-electron chi connectivity index (χ4n) is 3.08. The van der Waals surface area contributed by atoms with Crippen molar-refractivity contribution in [3.63, 3.8) is 0 Å². The zero-order valence-corrected chi connectivity index (χ0v) is 13.0. The summed E-state index contributed by atoms with van der Waals surface area (Å²) in [5, 5.41) is -0.0199. The van der Waals surface area contributed by atoms with Crippen molar-refractivity contribution in [2.75, 3.05) is 13.7 Å². The normalized spacial score (nSPS) is 29.2. The molecule has 2 aliphatic heterocycles. The molecule has 0 aromatic rings. The second-order valence-electron chi connectivity index (χ2n) is 5.49. The molecular formula is C14H17F5N2O3. The lowest BCUT2D eigenvalue weighted by Crippen LogP contribution is -2.61. The van der Waals surface area contributed by atoms with E-state index in [0.717, 1.165) is 7.11 Å². The molecule has 2 N–H and O–H groups in total. The van der Waals surface area contributed by atoms with Crippen LogP contribution in [0.4, 0.5) is 22.0 Å². The Bertz CT molecular complexity index is 577. The molecule has 5 nitrogen and oxygen atoms in total. The highest BCUT2D eigenvalue weighted by atomic mass is 19.4. The summed E-state index contributed by atoms with van der Waals surface area (Å²) in [4.78, 5) is 11.9. The molecule has 0 spiro atoms. The quantitative estimate of drug-likeness (QED) is 0.467. The van der Waals surface area contributed by atoms with Crippen LogP contribution in [-0.4, -0.2) is 49.4 Å². The molecule has 1 fully saturated rings. The van der Waals surface area contributed by atoms with Crippen LogP contribution in [0.2, 0.25) is 0 Å². The van der Waals surface area contributed by atoms with Crippen molar-refractivity contribution >= 4 is 5.97 Å². The van der Waals surface area contributed by atoms with Gasteiger partial charge >= 0.3 is 12.1 Å². The van der Waals surface area contributed by atoms with Crippen LogP contribution in [-0.2, 0) is 14.3 Å². The number of esters is 1. The molecule has 1 saturated heterocycles. The van der Waals surface area contributed by atoms with E-state index in [2.05, 4.69) is 4.74 Å². The summed E-state index contributed by atoms with van der Waals surface area (Å²) in [5.41, 5.74) is -1.21. The summed E-state index contributed by atoms with van der Waals surface area (Å²) in [6, 6.07) is -4.71. The van der Waals surface area contributed by atoms with Gasteiger partial charge in [-0.3, -0.25) is 5.84 Å². The van der Waals surface area contributed by atoms with Gasteiger partial charge in [-0.25, -0.2) is 18.6 Å². The molecule has 2 atom stereocenters. The molecule has 2 aliphatic rings. The summed E-state index contributed by atoms with van der Waals surface area (Å²) in [7, 11) is 0.959. The van der Waals surface area contributed by atoms with Gasteiger partial charge in [0.05, 0.1) is 19.3 Å². The van der Waals surface area contributed by atoms with Crippen LogP contribution < -0.4 is 5.84 Å². The lowest BCUT2D eigenvalue weighted by Gasteiger charge is -2.42. The molecule has 0 amide bonds. The smallest absolute Gasteiger partial charge is 0.409 e. The number of hydrogen-bond acceptors (Lipinski definition) is 5. The first-order chi connectivity index (χ1) is 11.1. The zero-order valence-electron chi connectivity index (χ0n) is 13.0. The average Bonchev–Trinajstić information content (AvgIpc) is 2.99. The van der Waals surface area contributed by atoms with Crippen LogP contribution in [0.1, 0.15) is 19.8 Å². The van der Waals surface area contributed by atoms with Gasteiger partial charge in [0.1, 0.15) is 17.8 Å². The second-order valence-corrected chi connectivity index (χ2v) is 5.49. The van der Waals surface area contributed by atoms with Gasteiger partial charge in [0.15, 0.2) is 0 Å². The minimum atomic E-state index is -4.92. The molecule has 0 radical (unpaired) electrons. The third-order valence-corrected chi connectivity index (χ3v) is 4.08. The first kappa shape index (κ1) is 18.7. The first-order valence-corrected chi connectivity index (χ1v) is 7.14. The van der Waals surface area contributed by atoms with Crippen LogP contribution in [0.3, 0.4) is 0 Å². The van der Waals surface area contributed by atoms with Crippen LogP contribution >= 0.6 is 0 Å². The van der Waals surface area contributed by atoms with Crippen LogP contribution in [0.15, 0.2) is 22.5 Å². The van der Waals surface area contributed by atoms with E-state index in [4.69, 9.17) is 10.6 Å². The number of carbonyl (C=O) groups is 1. The van der Waals surface area contributed by atoms with E-state index in [1.165, 1.54) is 6.92 Å². The van der Waals surface area contributed by atoms with Crippen LogP contribution in [0.5, 0.6) is 0 Å². The summed E-state index contributed by atoms with van der Waals surface area (Å²) in [6.45, 7) is 1.39. The highest BCUT2D eigenvalue weighted by Crippen LogP contribution is 2.43. The van der Waals surface area contributed by atoms with Crippen molar-refractivity contribution in [3.8, 4) is 0 Å². The predicted molar refractivity (Wildman–Crippen MR) is 72.6 cm³/mol. The molecule has 0 saturated carbocycles. The number of carbonyl (C=O) groups excluding carboxylic acids is 1. The van der Waals surface area contributed by atoms with E-state index in [1.54, 1.807) is 0 Å². The van der Waals surface area contributed by atoms with Crippen LogP contribution in [0, 0.1) is 0 Å². The minimum Gasteiger partial charge on any atom is -0.498 e. The molecule has 0 aliphatic carbocycles. The van der Waals surface area contributed by atoms with Crippen molar-refractivity contribution in [3.05, 3.63) is 22.5 Å². The van der Waals surface area contributed by atoms with Crippen molar-refractivity contribution in [2.45, 2.75) is 44.5 Å². The topological polar surface area (TPSA) is 64.8 Å². The number of nitrogens with zero attached hydrogens (tertiary/aromatic N) is 1. The highest BCUT2D eigenvalue weighted by molar-refractivity contribution is 5.92. The Morgan fingerprint density at radius 1 is 1.42 bits per heavy atom. The van der Waals surface area contributed by atoms with E-state index < -0.39 is 36.2 Å². The first-order valence-electron chi connectivity index (χ1n) is 7.14. The molecular weight excluding hydrogens is 339 g/mol. The molecule has 0 aromatic carbocycles. The number of alkyl halides is 5. The van der Waals surface area contributed by atoms with E-state index in [0.29, 0.717) is 6.42 Å². The lowest BCUT2D eigenvalue weighted by atomic mass is 9.84. The Labute approximate surface area is 134 Å². The lowest BCUT2D eigenvalue weighted by molar-refractivity contribution is -0.187. The highest BCUT2D eigenvalue weighted by Gasteiger charge is 2.55. The summed E-state index contributed by atoms with van der Waals surface area (Å²) in [5.74, 6) is 4.28. The number of rotatable bonds is 2. The third-order valence-electron chi connectivity index (χ3n) is 4.08. The molecule has 0 bridgehead atoms. The monoisotopic (exact) mass is 356 g/mol. The second kappa shape index (κ2) is 6.67. The SMILES string of the molecule is COC(=O)C1=C(C)C(=C2CCCO2)C(C(F)(F)F)N(N)C1C(F)F. The maximum absolute atomic E-state index is 13.5. The summed E-state index contributed by atoms with van der Waals surface area (Å²) in [6.07, 6.45) is -7.52. The molecule has 2 unspecified atom stereocenters. The number of methoxy groups -OCH3 is 1. The van der Waals surface area contributed by atoms with Gasteiger partial charge in [-0.1, -0.05) is 0 Å². The van der Waals surface area contributed by atoms with Gasteiger partial charge in [0.25, 0.3) is 6.43 Å². The van der Waals surface area contributed by atoms with Gasteiger partial charge in [-0.2, -0.15) is 13.2 Å². The fourth-order valence-corrected chi connectivity index (χ4v) is 3.08. The largest absolute Gasteiger partial charge is 0.498 e. The molecule has 2 heterocycles. The number of nitrogens with two attached hydrogens (primary N) is 1. The number of hydrazine groups is 1. The molecule has 136 valence electrons. The number of hydrogen-bond donors (Lipinski definition) is 1. The maximum Gasteiger partial charge on any atom is 0.409 e.